The van der Waals surface area contributed by atoms with E-state index in [0.717, 1.165) is 49.8 Å². The summed E-state index contributed by atoms with van der Waals surface area (Å²) in [5, 5.41) is 17.9. The highest BCUT2D eigenvalue weighted by Gasteiger charge is 2.29. The molecule has 3 aromatic heterocycles. The van der Waals surface area contributed by atoms with Crippen molar-refractivity contribution in [2.24, 2.45) is 0 Å². The summed E-state index contributed by atoms with van der Waals surface area (Å²) in [6.45, 7) is 27.9. The van der Waals surface area contributed by atoms with Crippen molar-refractivity contribution in [3.8, 4) is 34.3 Å². The van der Waals surface area contributed by atoms with E-state index in [2.05, 4.69) is 248 Å². The van der Waals surface area contributed by atoms with Crippen LogP contribution in [0.5, 0.6) is 0 Å². The first kappa shape index (κ1) is 44.2. The Balaban J connectivity index is 1.36. The van der Waals surface area contributed by atoms with Gasteiger partial charge in [0.25, 0.3) is 0 Å². The van der Waals surface area contributed by atoms with E-state index >= 15 is 0 Å². The van der Waals surface area contributed by atoms with E-state index in [0.29, 0.717) is 5.56 Å². The summed E-state index contributed by atoms with van der Waals surface area (Å²) in [6, 6.07) is 61.0. The van der Waals surface area contributed by atoms with Gasteiger partial charge in [-0.1, -0.05) is 180 Å². The Bertz CT molecular complexity index is 3860. The third-order valence-corrected chi connectivity index (χ3v) is 14.6. The number of nitriles is 1. The molecule has 0 radical (unpaired) electrons. The molecule has 11 aromatic rings. The van der Waals surface area contributed by atoms with Gasteiger partial charge in [-0.2, -0.15) is 5.26 Å². The fourth-order valence-corrected chi connectivity index (χ4v) is 10.7. The Hall–Kier alpha value is -7.35. The minimum absolute atomic E-state index is 0.0429. The largest absolute Gasteiger partial charge is 0.309 e. The number of aromatic nitrogens is 3. The van der Waals surface area contributed by atoms with E-state index in [1.54, 1.807) is 0 Å². The second kappa shape index (κ2) is 15.3. The van der Waals surface area contributed by atoms with Crippen LogP contribution in [-0.2, 0) is 21.7 Å². The summed E-state index contributed by atoms with van der Waals surface area (Å²) in [4.78, 5) is 0. The summed E-state index contributed by atoms with van der Waals surface area (Å²) in [5.41, 5.74) is 17.8. The molecule has 0 aliphatic carbocycles. The molecule has 0 unspecified atom stereocenters. The number of benzene rings is 8. The van der Waals surface area contributed by atoms with E-state index in [4.69, 9.17) is 0 Å². The molecule has 4 nitrogen and oxygen atoms in total. The highest BCUT2D eigenvalue weighted by Crippen LogP contribution is 2.48. The number of hydrogen-bond donors (Lipinski definition) is 0. The maximum atomic E-state index is 10.8. The number of rotatable bonds is 4. The molecule has 0 fully saturated rings. The molecule has 0 N–H and O–H groups in total. The van der Waals surface area contributed by atoms with Crippen molar-refractivity contribution in [2.45, 2.75) is 105 Å². The maximum absolute atomic E-state index is 10.8. The predicted octanol–water partition coefficient (Wildman–Crippen LogP) is 17.7. The van der Waals surface area contributed by atoms with Gasteiger partial charge in [-0.05, 0) is 116 Å². The lowest BCUT2D eigenvalue weighted by atomic mass is 9.80. The molecule has 0 aliphatic rings. The summed E-state index contributed by atoms with van der Waals surface area (Å²) in [6.07, 6.45) is 0. The minimum Gasteiger partial charge on any atom is -0.309 e. The van der Waals surface area contributed by atoms with Crippen LogP contribution in [0.1, 0.15) is 111 Å². The number of fused-ring (bicyclic) bond motifs is 11. The Morgan fingerprint density at radius 1 is 0.348 bits per heavy atom. The highest BCUT2D eigenvalue weighted by molar-refractivity contribution is 6.31. The first-order valence-electron chi connectivity index (χ1n) is 24.6. The Morgan fingerprint density at radius 2 is 0.768 bits per heavy atom. The first-order valence-corrected chi connectivity index (χ1v) is 24.6. The molecule has 0 saturated heterocycles. The van der Waals surface area contributed by atoms with E-state index < -0.39 is 0 Å². The van der Waals surface area contributed by atoms with Crippen LogP contribution >= 0.6 is 0 Å². The van der Waals surface area contributed by atoms with Gasteiger partial charge in [0, 0.05) is 43.7 Å². The van der Waals surface area contributed by atoms with Gasteiger partial charge in [-0.15, -0.1) is 0 Å². The molecule has 0 aliphatic heterocycles. The van der Waals surface area contributed by atoms with Gasteiger partial charge in [-0.25, -0.2) is 0 Å². The molecule has 0 bridgehead atoms. The first-order chi connectivity index (χ1) is 32.7. The zero-order chi connectivity index (χ0) is 48.5. The van der Waals surface area contributed by atoms with Crippen molar-refractivity contribution < 1.29 is 0 Å². The molecule has 11 rings (SSSR count). The average molecular weight is 899 g/mol. The van der Waals surface area contributed by atoms with Crippen LogP contribution < -0.4 is 0 Å². The van der Waals surface area contributed by atoms with Gasteiger partial charge >= 0.3 is 0 Å². The standard InChI is InChI=1S/C65H62N4/c1-62(2,3)43-33-44(63(4,5)6)36-47(35-43)67-53-24-18-16-22-51(53)58-55(67)30-28-49-50-29-31-56-59(61(50)68(60(49)58)48-37-45(64(7,8)9)34-46(38-48)65(10,11)12)52-23-17-19-25-54(52)69(56)57-32-41(26-27-42(57)39-66)40-20-14-13-15-21-40/h13-38H,1-12H3. The van der Waals surface area contributed by atoms with Gasteiger partial charge in [0.05, 0.1) is 44.4 Å². The smallest absolute Gasteiger partial charge is 0.101 e. The second-order valence-electron chi connectivity index (χ2n) is 23.5. The lowest BCUT2D eigenvalue weighted by Gasteiger charge is -2.27. The van der Waals surface area contributed by atoms with Crippen molar-refractivity contribution in [2.75, 3.05) is 0 Å². The number of hydrogen-bond acceptors (Lipinski definition) is 1. The molecule has 0 saturated carbocycles. The van der Waals surface area contributed by atoms with Crippen molar-refractivity contribution >= 4 is 65.4 Å². The fraction of sp³-hybridized carbons (Fsp3) is 0.246. The molecule has 0 spiro atoms. The van der Waals surface area contributed by atoms with E-state index in [1.807, 2.05) is 12.1 Å². The lowest BCUT2D eigenvalue weighted by molar-refractivity contribution is 0.567. The fourth-order valence-electron chi connectivity index (χ4n) is 10.7. The molecular formula is C65H62N4. The normalized spacial score (nSPS) is 12.9. The molecule has 4 heteroatoms. The van der Waals surface area contributed by atoms with Crippen LogP contribution in [0.15, 0.2) is 158 Å². The van der Waals surface area contributed by atoms with Crippen LogP contribution in [0, 0.1) is 11.3 Å². The molecule has 0 atom stereocenters. The third kappa shape index (κ3) is 7.08. The SMILES string of the molecule is CC(C)(C)c1cc(-n2c3ccccc3c3c2ccc2c4ccc5c(c6ccccc6n5-c5cc(-c6ccccc6)ccc5C#N)c4n(-c4cc(C(C)(C)C)cc(C(C)(C)C)c4)c23)cc(C(C)(C)C)c1. The van der Waals surface area contributed by atoms with Crippen LogP contribution in [0.25, 0.3) is 93.6 Å². The van der Waals surface area contributed by atoms with Gasteiger partial charge in [0.15, 0.2) is 0 Å². The monoisotopic (exact) mass is 898 g/mol. The highest BCUT2D eigenvalue weighted by atomic mass is 15.0. The van der Waals surface area contributed by atoms with Crippen molar-refractivity contribution in [3.05, 3.63) is 186 Å². The predicted molar refractivity (Wildman–Crippen MR) is 294 cm³/mol. The Labute approximate surface area is 407 Å². The average Bonchev–Trinajstić information content (AvgIpc) is 3.96. The quantitative estimate of drug-likeness (QED) is 0.173. The summed E-state index contributed by atoms with van der Waals surface area (Å²) >= 11 is 0. The van der Waals surface area contributed by atoms with E-state index in [1.165, 1.54) is 66.0 Å². The van der Waals surface area contributed by atoms with Crippen molar-refractivity contribution in [1.82, 2.24) is 13.7 Å². The van der Waals surface area contributed by atoms with Gasteiger partial charge in [0.1, 0.15) is 6.07 Å². The van der Waals surface area contributed by atoms with Crippen LogP contribution in [-0.4, -0.2) is 13.7 Å². The van der Waals surface area contributed by atoms with Crippen molar-refractivity contribution in [1.29, 1.82) is 5.26 Å². The molecule has 3 heterocycles. The summed E-state index contributed by atoms with van der Waals surface area (Å²) in [7, 11) is 0. The van der Waals surface area contributed by atoms with Crippen LogP contribution in [0.4, 0.5) is 0 Å². The summed E-state index contributed by atoms with van der Waals surface area (Å²) < 4.78 is 7.47. The molecule has 0 amide bonds. The van der Waals surface area contributed by atoms with E-state index in [9.17, 15) is 5.26 Å². The molecule has 8 aromatic carbocycles. The summed E-state index contributed by atoms with van der Waals surface area (Å²) in [5.74, 6) is 0. The number of para-hydroxylation sites is 2. The van der Waals surface area contributed by atoms with E-state index in [-0.39, 0.29) is 21.7 Å². The van der Waals surface area contributed by atoms with Gasteiger partial charge < -0.3 is 13.7 Å². The minimum atomic E-state index is -0.105. The molecule has 69 heavy (non-hydrogen) atoms. The zero-order valence-corrected chi connectivity index (χ0v) is 42.3. The Morgan fingerprint density at radius 3 is 1.23 bits per heavy atom. The van der Waals surface area contributed by atoms with Crippen molar-refractivity contribution in [3.63, 3.8) is 0 Å². The lowest BCUT2D eigenvalue weighted by Crippen LogP contribution is -2.17. The zero-order valence-electron chi connectivity index (χ0n) is 42.3. The van der Waals surface area contributed by atoms with Crippen LogP contribution in [0.2, 0.25) is 0 Å². The molecule has 342 valence electrons. The number of nitrogens with zero attached hydrogens (tertiary/aromatic N) is 4. The third-order valence-electron chi connectivity index (χ3n) is 14.6. The van der Waals surface area contributed by atoms with Gasteiger partial charge in [0.2, 0.25) is 0 Å². The van der Waals surface area contributed by atoms with Crippen LogP contribution in [0.3, 0.4) is 0 Å². The topological polar surface area (TPSA) is 38.6 Å². The second-order valence-corrected chi connectivity index (χ2v) is 23.5. The molecular weight excluding hydrogens is 837 g/mol. The maximum Gasteiger partial charge on any atom is 0.101 e. The Kier molecular flexibility index (Phi) is 9.81. The van der Waals surface area contributed by atoms with Gasteiger partial charge in [-0.3, -0.25) is 0 Å².